The average Bonchev–Trinajstić information content (AvgIpc) is 3.45. The number of piperazine rings is 1. The lowest BCUT2D eigenvalue weighted by atomic mass is 10.2. The number of aromatic nitrogens is 4. The molecule has 1 aliphatic rings. The zero-order valence-corrected chi connectivity index (χ0v) is 16.9. The molecule has 4 aromatic rings. The smallest absolute Gasteiger partial charge is 0.256 e. The lowest BCUT2D eigenvalue weighted by molar-refractivity contribution is 0.267. The molecule has 160 valence electrons. The second-order valence-corrected chi connectivity index (χ2v) is 7.42. The van der Waals surface area contributed by atoms with E-state index in [1.54, 1.807) is 24.5 Å². The number of fused-ring (bicyclic) bond motifs is 1. The van der Waals surface area contributed by atoms with Gasteiger partial charge < -0.3 is 20.4 Å². The van der Waals surface area contributed by atoms with Crippen LogP contribution >= 0.6 is 0 Å². The van der Waals surface area contributed by atoms with Gasteiger partial charge in [-0.25, -0.2) is 4.39 Å². The van der Waals surface area contributed by atoms with Crippen LogP contribution in [0.3, 0.4) is 0 Å². The van der Waals surface area contributed by atoms with Gasteiger partial charge >= 0.3 is 0 Å². The van der Waals surface area contributed by atoms with Crippen LogP contribution in [0.25, 0.3) is 17.4 Å². The Hall–Kier alpha value is -3.66. The van der Waals surface area contributed by atoms with Gasteiger partial charge in [-0.3, -0.25) is 4.90 Å². The maximum absolute atomic E-state index is 13.1. The van der Waals surface area contributed by atoms with Crippen LogP contribution in [0.4, 0.5) is 21.7 Å². The Labute approximate surface area is 178 Å². The molecule has 0 atom stereocenters. The van der Waals surface area contributed by atoms with Gasteiger partial charge in [0, 0.05) is 51.0 Å². The van der Waals surface area contributed by atoms with E-state index < -0.39 is 0 Å². The van der Waals surface area contributed by atoms with Crippen LogP contribution in [0.2, 0.25) is 0 Å². The SMILES string of the molecule is Nc1cc(NCCN2CCN(c3ccc(F)cc3)CC2)nc2nc(-c3ccco3)nn12. The first kappa shape index (κ1) is 19.3. The third kappa shape index (κ3) is 4.15. The van der Waals surface area contributed by atoms with Gasteiger partial charge in [0.15, 0.2) is 5.76 Å². The molecular weight excluding hydrogens is 399 g/mol. The van der Waals surface area contributed by atoms with Gasteiger partial charge in [0.1, 0.15) is 17.5 Å². The number of hydrogen-bond acceptors (Lipinski definition) is 8. The summed E-state index contributed by atoms with van der Waals surface area (Å²) in [5.41, 5.74) is 7.19. The van der Waals surface area contributed by atoms with Crippen molar-refractivity contribution in [2.75, 3.05) is 55.2 Å². The summed E-state index contributed by atoms with van der Waals surface area (Å²) in [4.78, 5) is 13.6. The zero-order valence-electron chi connectivity index (χ0n) is 16.9. The Morgan fingerprint density at radius 2 is 1.87 bits per heavy atom. The molecule has 10 heteroatoms. The van der Waals surface area contributed by atoms with Crippen molar-refractivity contribution in [3.8, 4) is 11.6 Å². The summed E-state index contributed by atoms with van der Waals surface area (Å²) in [6.07, 6.45) is 1.57. The van der Waals surface area contributed by atoms with Crippen LogP contribution in [0.15, 0.2) is 53.1 Å². The predicted molar refractivity (Wildman–Crippen MR) is 116 cm³/mol. The maximum Gasteiger partial charge on any atom is 0.256 e. The minimum Gasteiger partial charge on any atom is -0.461 e. The van der Waals surface area contributed by atoms with Crippen LogP contribution in [-0.4, -0.2) is 63.8 Å². The third-order valence-corrected chi connectivity index (χ3v) is 5.38. The summed E-state index contributed by atoms with van der Waals surface area (Å²) in [5, 5.41) is 7.67. The highest BCUT2D eigenvalue weighted by atomic mass is 19.1. The number of benzene rings is 1. The normalized spacial score (nSPS) is 14.9. The highest BCUT2D eigenvalue weighted by molar-refractivity contribution is 5.56. The number of hydrogen-bond donors (Lipinski definition) is 2. The predicted octanol–water partition coefficient (Wildman–Crippen LogP) is 2.34. The molecule has 1 saturated heterocycles. The van der Waals surface area contributed by atoms with E-state index in [4.69, 9.17) is 10.2 Å². The van der Waals surface area contributed by atoms with Crippen LogP contribution in [0, 0.1) is 5.82 Å². The molecule has 0 saturated carbocycles. The van der Waals surface area contributed by atoms with Crippen LogP contribution in [0.1, 0.15) is 0 Å². The molecule has 5 rings (SSSR count). The molecule has 31 heavy (non-hydrogen) atoms. The van der Waals surface area contributed by atoms with Gasteiger partial charge in [-0.1, -0.05) is 0 Å². The van der Waals surface area contributed by atoms with Crippen molar-refractivity contribution in [1.29, 1.82) is 0 Å². The molecule has 9 nitrogen and oxygen atoms in total. The van der Waals surface area contributed by atoms with Gasteiger partial charge in [-0.05, 0) is 36.4 Å². The number of anilines is 3. The molecule has 3 aromatic heterocycles. The van der Waals surface area contributed by atoms with Gasteiger partial charge in [-0.2, -0.15) is 14.5 Å². The highest BCUT2D eigenvalue weighted by Gasteiger charge is 2.17. The standard InChI is InChI=1S/C21H23FN8O/c22-15-3-5-16(6-4-15)29-11-9-28(10-12-29)8-7-24-19-14-18(23)30-21(25-19)26-20(27-30)17-2-1-13-31-17/h1-6,13-14H,7-12,23H2,(H,24,25,26,27). The molecule has 1 fully saturated rings. The Morgan fingerprint density at radius 1 is 1.06 bits per heavy atom. The summed E-state index contributed by atoms with van der Waals surface area (Å²) in [7, 11) is 0. The molecule has 1 aliphatic heterocycles. The molecule has 0 aliphatic carbocycles. The van der Waals surface area contributed by atoms with Crippen molar-refractivity contribution in [3.63, 3.8) is 0 Å². The number of nitrogen functional groups attached to an aromatic ring is 1. The third-order valence-electron chi connectivity index (χ3n) is 5.38. The van der Waals surface area contributed by atoms with Gasteiger partial charge in [-0.15, -0.1) is 5.10 Å². The number of nitrogens with two attached hydrogens (primary N) is 1. The number of halogens is 1. The van der Waals surface area contributed by atoms with E-state index in [1.165, 1.54) is 16.6 Å². The first-order chi connectivity index (χ1) is 15.2. The number of nitrogens with one attached hydrogen (secondary N) is 1. The van der Waals surface area contributed by atoms with E-state index in [-0.39, 0.29) is 5.82 Å². The van der Waals surface area contributed by atoms with Crippen molar-refractivity contribution >= 4 is 23.1 Å². The van der Waals surface area contributed by atoms with Crippen molar-refractivity contribution in [2.24, 2.45) is 0 Å². The fourth-order valence-corrected chi connectivity index (χ4v) is 3.72. The second kappa shape index (κ2) is 8.23. The lowest BCUT2D eigenvalue weighted by Gasteiger charge is -2.36. The fourth-order valence-electron chi connectivity index (χ4n) is 3.72. The Kier molecular flexibility index (Phi) is 5.13. The maximum atomic E-state index is 13.1. The lowest BCUT2D eigenvalue weighted by Crippen LogP contribution is -2.47. The van der Waals surface area contributed by atoms with E-state index >= 15 is 0 Å². The Morgan fingerprint density at radius 3 is 2.61 bits per heavy atom. The monoisotopic (exact) mass is 422 g/mol. The first-order valence-corrected chi connectivity index (χ1v) is 10.2. The van der Waals surface area contributed by atoms with Crippen LogP contribution in [-0.2, 0) is 0 Å². The Bertz CT molecular complexity index is 1150. The van der Waals surface area contributed by atoms with Gasteiger partial charge in [0.05, 0.1) is 6.26 Å². The minimum absolute atomic E-state index is 0.204. The van der Waals surface area contributed by atoms with Crippen LogP contribution < -0.4 is 16.0 Å². The van der Waals surface area contributed by atoms with E-state index in [0.29, 0.717) is 29.0 Å². The highest BCUT2D eigenvalue weighted by Crippen LogP contribution is 2.19. The average molecular weight is 422 g/mol. The molecule has 1 aromatic carbocycles. The molecule has 0 bridgehead atoms. The Balaban J connectivity index is 1.16. The van der Waals surface area contributed by atoms with Crippen LogP contribution in [0.5, 0.6) is 0 Å². The minimum atomic E-state index is -0.204. The van der Waals surface area contributed by atoms with Gasteiger partial charge in [0.25, 0.3) is 5.78 Å². The first-order valence-electron chi connectivity index (χ1n) is 10.2. The van der Waals surface area contributed by atoms with Gasteiger partial charge in [0.2, 0.25) is 5.82 Å². The summed E-state index contributed by atoms with van der Waals surface area (Å²) < 4.78 is 20.0. The van der Waals surface area contributed by atoms with Crippen molar-refractivity contribution in [3.05, 3.63) is 54.5 Å². The quantitative estimate of drug-likeness (QED) is 0.488. The van der Waals surface area contributed by atoms with E-state index in [9.17, 15) is 4.39 Å². The van der Waals surface area contributed by atoms with E-state index in [0.717, 1.165) is 45.0 Å². The molecule has 4 heterocycles. The van der Waals surface area contributed by atoms with E-state index in [1.807, 2.05) is 12.1 Å². The summed E-state index contributed by atoms with van der Waals surface area (Å²) in [5.74, 6) is 2.34. The number of nitrogens with zero attached hydrogens (tertiary/aromatic N) is 6. The summed E-state index contributed by atoms with van der Waals surface area (Å²) in [6, 6.07) is 12.0. The molecular formula is C21H23FN8O. The topological polar surface area (TPSA) is 101 Å². The zero-order chi connectivity index (χ0) is 21.2. The molecule has 0 radical (unpaired) electrons. The largest absolute Gasteiger partial charge is 0.461 e. The summed E-state index contributed by atoms with van der Waals surface area (Å²) in [6.45, 7) is 5.34. The second-order valence-electron chi connectivity index (χ2n) is 7.42. The molecule has 0 unspecified atom stereocenters. The molecule has 0 amide bonds. The van der Waals surface area contributed by atoms with Crippen molar-refractivity contribution < 1.29 is 8.81 Å². The molecule has 3 N–H and O–H groups in total. The fraction of sp³-hybridized carbons (Fsp3) is 0.286. The van der Waals surface area contributed by atoms with Crippen molar-refractivity contribution in [2.45, 2.75) is 0 Å². The summed E-state index contributed by atoms with van der Waals surface area (Å²) >= 11 is 0. The number of rotatable bonds is 6. The van der Waals surface area contributed by atoms with Crippen molar-refractivity contribution in [1.82, 2.24) is 24.5 Å². The number of furan rings is 1. The molecule has 0 spiro atoms. The van der Waals surface area contributed by atoms with E-state index in [2.05, 4.69) is 30.2 Å².